The predicted octanol–water partition coefficient (Wildman–Crippen LogP) is 1.32. The number of pyridine rings is 1. The van der Waals surface area contributed by atoms with Crippen LogP contribution in [-0.4, -0.2) is 40.9 Å². The molecule has 0 atom stereocenters. The average molecular weight is 373 g/mol. The summed E-state index contributed by atoms with van der Waals surface area (Å²) in [4.78, 5) is 4.72. The minimum atomic E-state index is -3.61. The zero-order valence-electron chi connectivity index (χ0n) is 14.1. The van der Waals surface area contributed by atoms with Gasteiger partial charge in [-0.2, -0.15) is 5.10 Å². The third kappa shape index (κ3) is 2.94. The summed E-state index contributed by atoms with van der Waals surface area (Å²) in [6.45, 7) is 1.84. The molecule has 9 heteroatoms. The second kappa shape index (κ2) is 6.04. The van der Waals surface area contributed by atoms with E-state index in [-0.39, 0.29) is 10.9 Å². The maximum absolute atomic E-state index is 12.5. The van der Waals surface area contributed by atoms with Crippen molar-refractivity contribution in [1.29, 1.82) is 0 Å². The van der Waals surface area contributed by atoms with Gasteiger partial charge in [-0.05, 0) is 49.6 Å². The molecule has 2 aromatic heterocycles. The van der Waals surface area contributed by atoms with Gasteiger partial charge in [0.1, 0.15) is 5.52 Å². The topological polar surface area (TPSA) is 134 Å². The molecule has 26 heavy (non-hydrogen) atoms. The maximum atomic E-state index is 12.5. The highest BCUT2D eigenvalue weighted by Gasteiger charge is 2.31. The van der Waals surface area contributed by atoms with Gasteiger partial charge < -0.3 is 10.8 Å². The molecule has 0 radical (unpaired) electrons. The van der Waals surface area contributed by atoms with Crippen LogP contribution in [-0.2, 0) is 10.0 Å². The molecule has 0 saturated heterocycles. The molecule has 1 aliphatic rings. The van der Waals surface area contributed by atoms with E-state index in [4.69, 9.17) is 5.73 Å². The second-order valence-electron chi connectivity index (χ2n) is 6.62. The van der Waals surface area contributed by atoms with Gasteiger partial charge in [-0.15, -0.1) is 0 Å². The quantitative estimate of drug-likeness (QED) is 0.545. The Morgan fingerprint density at radius 2 is 2.04 bits per heavy atom. The smallest absolute Gasteiger partial charge is 0.240 e. The first-order valence-electron chi connectivity index (χ1n) is 8.25. The van der Waals surface area contributed by atoms with E-state index < -0.39 is 16.1 Å². The molecule has 0 aliphatic heterocycles. The highest BCUT2D eigenvalue weighted by molar-refractivity contribution is 7.89. The van der Waals surface area contributed by atoms with E-state index in [1.165, 1.54) is 0 Å². The molecule has 0 amide bonds. The Morgan fingerprint density at radius 3 is 2.73 bits per heavy atom. The third-order valence-corrected chi connectivity index (χ3v) is 6.17. The van der Waals surface area contributed by atoms with Crippen molar-refractivity contribution in [2.45, 2.75) is 36.8 Å². The minimum absolute atomic E-state index is 0.198. The lowest BCUT2D eigenvalue weighted by Gasteiger charge is -2.31. The standard InChI is InChI=1S/C17H19N5O3S/c1-9-6-12(26(24,25)22-10-7-11(23)8-10)2-3-13(9)14-4-5-15-16(19-14)17(18)21-20-15/h2-6,10-11,22-23H,7-8H2,1H3,(H3,18,20,21). The Morgan fingerprint density at radius 1 is 1.27 bits per heavy atom. The van der Waals surface area contributed by atoms with Gasteiger partial charge in [0.05, 0.1) is 22.2 Å². The van der Waals surface area contributed by atoms with Gasteiger partial charge in [0.2, 0.25) is 10.0 Å². The molecule has 5 N–H and O–H groups in total. The van der Waals surface area contributed by atoms with Crippen molar-refractivity contribution >= 4 is 26.9 Å². The van der Waals surface area contributed by atoms with Crippen molar-refractivity contribution in [2.75, 3.05) is 5.73 Å². The van der Waals surface area contributed by atoms with Crippen molar-refractivity contribution in [3.63, 3.8) is 0 Å². The van der Waals surface area contributed by atoms with Crippen molar-refractivity contribution in [1.82, 2.24) is 19.9 Å². The number of nitrogens with zero attached hydrogens (tertiary/aromatic N) is 2. The number of anilines is 1. The van der Waals surface area contributed by atoms with E-state index in [0.29, 0.717) is 29.9 Å². The number of hydrogen-bond acceptors (Lipinski definition) is 6. The molecule has 0 unspecified atom stereocenters. The number of aromatic nitrogens is 3. The van der Waals surface area contributed by atoms with Gasteiger partial charge in [0.15, 0.2) is 5.82 Å². The second-order valence-corrected chi connectivity index (χ2v) is 8.34. The van der Waals surface area contributed by atoms with Crippen LogP contribution in [0.2, 0.25) is 0 Å². The molecule has 136 valence electrons. The van der Waals surface area contributed by atoms with Crippen LogP contribution >= 0.6 is 0 Å². The number of hydrogen-bond donors (Lipinski definition) is 4. The van der Waals surface area contributed by atoms with E-state index in [0.717, 1.165) is 16.6 Å². The Balaban J connectivity index is 1.65. The van der Waals surface area contributed by atoms with Gasteiger partial charge in [0.25, 0.3) is 0 Å². The first-order chi connectivity index (χ1) is 12.3. The number of benzene rings is 1. The summed E-state index contributed by atoms with van der Waals surface area (Å²) in [5.74, 6) is 0.325. The number of sulfonamides is 1. The molecule has 1 aliphatic carbocycles. The largest absolute Gasteiger partial charge is 0.393 e. The Kier molecular flexibility index (Phi) is 3.94. The normalized spacial score (nSPS) is 20.2. The Bertz CT molecular complexity index is 1090. The molecule has 1 fully saturated rings. The summed E-state index contributed by atoms with van der Waals surface area (Å²) in [5.41, 5.74) is 9.45. The highest BCUT2D eigenvalue weighted by Crippen LogP contribution is 2.28. The molecule has 1 aromatic carbocycles. The average Bonchev–Trinajstić information content (AvgIpc) is 2.94. The maximum Gasteiger partial charge on any atom is 0.240 e. The molecule has 2 heterocycles. The van der Waals surface area contributed by atoms with Crippen LogP contribution in [0.15, 0.2) is 35.2 Å². The van der Waals surface area contributed by atoms with Crippen LogP contribution in [0.25, 0.3) is 22.3 Å². The molecule has 0 spiro atoms. The summed E-state index contributed by atoms with van der Waals surface area (Å²) in [6, 6.07) is 8.40. The number of H-pyrrole nitrogens is 1. The van der Waals surface area contributed by atoms with Crippen LogP contribution < -0.4 is 10.5 Å². The van der Waals surface area contributed by atoms with Crippen LogP contribution in [0.5, 0.6) is 0 Å². The third-order valence-electron chi connectivity index (χ3n) is 4.65. The number of nitrogen functional groups attached to an aromatic ring is 1. The van der Waals surface area contributed by atoms with Gasteiger partial charge in [-0.1, -0.05) is 6.07 Å². The minimum Gasteiger partial charge on any atom is -0.393 e. The summed E-state index contributed by atoms with van der Waals surface area (Å²) in [5, 5.41) is 16.0. The van der Waals surface area contributed by atoms with Gasteiger partial charge in [0, 0.05) is 11.6 Å². The fourth-order valence-electron chi connectivity index (χ4n) is 3.13. The lowest BCUT2D eigenvalue weighted by atomic mass is 9.91. The molecule has 8 nitrogen and oxygen atoms in total. The highest BCUT2D eigenvalue weighted by atomic mass is 32.2. The predicted molar refractivity (Wildman–Crippen MR) is 97.8 cm³/mol. The fraction of sp³-hybridized carbons (Fsp3) is 0.294. The summed E-state index contributed by atoms with van der Waals surface area (Å²) < 4.78 is 27.6. The van der Waals surface area contributed by atoms with Crippen LogP contribution in [0.1, 0.15) is 18.4 Å². The van der Waals surface area contributed by atoms with E-state index >= 15 is 0 Å². The van der Waals surface area contributed by atoms with Crippen LogP contribution in [0, 0.1) is 6.92 Å². The Hall–Kier alpha value is -2.49. The zero-order chi connectivity index (χ0) is 18.5. The lowest BCUT2D eigenvalue weighted by Crippen LogP contribution is -2.46. The van der Waals surface area contributed by atoms with Gasteiger partial charge in [-0.3, -0.25) is 5.10 Å². The fourth-order valence-corrected chi connectivity index (χ4v) is 4.48. The molecule has 3 aromatic rings. The molecule has 1 saturated carbocycles. The van der Waals surface area contributed by atoms with E-state index in [1.807, 2.05) is 19.1 Å². The summed E-state index contributed by atoms with van der Waals surface area (Å²) in [6.07, 6.45) is 0.488. The SMILES string of the molecule is Cc1cc(S(=O)(=O)NC2CC(O)C2)ccc1-c1ccc2[nH]nc(N)c2n1. The number of aliphatic hydroxyl groups is 1. The first-order valence-corrected chi connectivity index (χ1v) is 9.74. The summed E-state index contributed by atoms with van der Waals surface area (Å²) in [7, 11) is -3.61. The van der Waals surface area contributed by atoms with Crippen molar-refractivity contribution in [2.24, 2.45) is 0 Å². The van der Waals surface area contributed by atoms with Crippen LogP contribution in [0.3, 0.4) is 0 Å². The zero-order valence-corrected chi connectivity index (χ0v) is 14.9. The molecule has 0 bridgehead atoms. The van der Waals surface area contributed by atoms with E-state index in [9.17, 15) is 13.5 Å². The molecular weight excluding hydrogens is 354 g/mol. The number of fused-ring (bicyclic) bond motifs is 1. The number of rotatable bonds is 4. The molecule has 4 rings (SSSR count). The van der Waals surface area contributed by atoms with E-state index in [1.54, 1.807) is 18.2 Å². The number of nitrogens with one attached hydrogen (secondary N) is 2. The first kappa shape index (κ1) is 17.0. The number of aromatic amines is 1. The van der Waals surface area contributed by atoms with Crippen molar-refractivity contribution < 1.29 is 13.5 Å². The number of nitrogens with two attached hydrogens (primary N) is 1. The monoisotopic (exact) mass is 373 g/mol. The lowest BCUT2D eigenvalue weighted by molar-refractivity contribution is 0.0712. The van der Waals surface area contributed by atoms with Gasteiger partial charge >= 0.3 is 0 Å². The van der Waals surface area contributed by atoms with Crippen LogP contribution in [0.4, 0.5) is 5.82 Å². The number of aryl methyl sites for hydroxylation is 1. The number of aliphatic hydroxyl groups excluding tert-OH is 1. The van der Waals surface area contributed by atoms with Gasteiger partial charge in [-0.25, -0.2) is 18.1 Å². The van der Waals surface area contributed by atoms with Crippen molar-refractivity contribution in [3.8, 4) is 11.3 Å². The van der Waals surface area contributed by atoms with E-state index in [2.05, 4.69) is 19.9 Å². The summed E-state index contributed by atoms with van der Waals surface area (Å²) >= 11 is 0. The van der Waals surface area contributed by atoms with Crippen molar-refractivity contribution in [3.05, 3.63) is 35.9 Å². The molecular formula is C17H19N5O3S. The Labute approximate surface area is 150 Å².